The van der Waals surface area contributed by atoms with Crippen LogP contribution >= 0.6 is 0 Å². The van der Waals surface area contributed by atoms with Crippen molar-refractivity contribution in [2.45, 2.75) is 33.6 Å². The summed E-state index contributed by atoms with van der Waals surface area (Å²) >= 11 is 0. The fourth-order valence-electron chi connectivity index (χ4n) is 2.65. The minimum Gasteiger partial charge on any atom is -0.508 e. The molecule has 122 valence electrons. The van der Waals surface area contributed by atoms with Crippen molar-refractivity contribution >= 4 is 11.7 Å². The summed E-state index contributed by atoms with van der Waals surface area (Å²) in [6.07, 6.45) is 0. The number of amides is 1. The van der Waals surface area contributed by atoms with Gasteiger partial charge < -0.3 is 16.6 Å². The van der Waals surface area contributed by atoms with Crippen LogP contribution in [-0.4, -0.2) is 15.6 Å². The molecule has 0 radical (unpaired) electrons. The quantitative estimate of drug-likeness (QED) is 0.803. The third-order valence-electron chi connectivity index (χ3n) is 3.98. The Kier molecular flexibility index (Phi) is 4.18. The van der Waals surface area contributed by atoms with E-state index in [-0.39, 0.29) is 28.6 Å². The van der Waals surface area contributed by atoms with Gasteiger partial charge in [-0.15, -0.1) is 0 Å². The number of primary amides is 1. The third kappa shape index (κ3) is 2.67. The van der Waals surface area contributed by atoms with Gasteiger partial charge in [0.1, 0.15) is 11.6 Å². The van der Waals surface area contributed by atoms with Gasteiger partial charge in [-0.1, -0.05) is 19.9 Å². The van der Waals surface area contributed by atoms with Gasteiger partial charge in [0.2, 0.25) is 0 Å². The van der Waals surface area contributed by atoms with Crippen molar-refractivity contribution in [1.82, 2.24) is 4.57 Å². The lowest BCUT2D eigenvalue weighted by molar-refractivity contribution is 0.100. The van der Waals surface area contributed by atoms with Gasteiger partial charge in [0.05, 0.1) is 11.3 Å². The van der Waals surface area contributed by atoms with Gasteiger partial charge in [-0.25, -0.2) is 0 Å². The van der Waals surface area contributed by atoms with E-state index in [4.69, 9.17) is 11.5 Å². The number of benzene rings is 1. The first kappa shape index (κ1) is 16.6. The first-order chi connectivity index (χ1) is 10.7. The Bertz CT molecular complexity index is 851. The van der Waals surface area contributed by atoms with Gasteiger partial charge >= 0.3 is 0 Å². The summed E-state index contributed by atoms with van der Waals surface area (Å²) in [7, 11) is 0. The van der Waals surface area contributed by atoms with E-state index in [1.165, 1.54) is 10.6 Å². The van der Waals surface area contributed by atoms with E-state index in [9.17, 15) is 14.7 Å². The number of aromatic hydroxyl groups is 1. The maximum absolute atomic E-state index is 12.9. The van der Waals surface area contributed by atoms with E-state index in [1.54, 1.807) is 26.0 Å². The molecule has 0 aliphatic heterocycles. The van der Waals surface area contributed by atoms with Crippen molar-refractivity contribution < 1.29 is 9.90 Å². The van der Waals surface area contributed by atoms with Gasteiger partial charge in [0, 0.05) is 11.1 Å². The number of aryl methyl sites for hydroxylation is 1. The number of pyridine rings is 1. The molecule has 6 nitrogen and oxygen atoms in total. The second kappa shape index (κ2) is 5.79. The number of nitrogen functional groups attached to an aromatic ring is 1. The van der Waals surface area contributed by atoms with Crippen LogP contribution in [0, 0.1) is 13.8 Å². The molecule has 1 heterocycles. The number of carbonyl (C=O) groups is 1. The van der Waals surface area contributed by atoms with E-state index in [0.717, 1.165) is 5.56 Å². The maximum atomic E-state index is 12.9. The Balaban J connectivity index is 3.01. The van der Waals surface area contributed by atoms with Crippen molar-refractivity contribution in [1.29, 1.82) is 0 Å². The topological polar surface area (TPSA) is 111 Å². The number of carbonyl (C=O) groups excluding carboxylic acids is 1. The Morgan fingerprint density at radius 1 is 1.26 bits per heavy atom. The first-order valence-electron chi connectivity index (χ1n) is 7.31. The number of phenols is 1. The summed E-state index contributed by atoms with van der Waals surface area (Å²) in [4.78, 5) is 24.6. The van der Waals surface area contributed by atoms with Crippen molar-refractivity contribution in [2.75, 3.05) is 5.73 Å². The third-order valence-corrected chi connectivity index (χ3v) is 3.98. The highest BCUT2D eigenvalue weighted by Crippen LogP contribution is 2.29. The zero-order chi connectivity index (χ0) is 17.5. The van der Waals surface area contributed by atoms with Crippen LogP contribution in [0.4, 0.5) is 5.82 Å². The van der Waals surface area contributed by atoms with Crippen LogP contribution in [0.3, 0.4) is 0 Å². The number of nitrogens with zero attached hydrogens (tertiary/aromatic N) is 1. The van der Waals surface area contributed by atoms with Gasteiger partial charge in [0.15, 0.2) is 0 Å². The van der Waals surface area contributed by atoms with Crippen LogP contribution < -0.4 is 17.0 Å². The van der Waals surface area contributed by atoms with Crippen LogP contribution in [0.15, 0.2) is 23.0 Å². The van der Waals surface area contributed by atoms with Crippen molar-refractivity contribution in [3.05, 3.63) is 50.8 Å². The monoisotopic (exact) mass is 315 g/mol. The summed E-state index contributed by atoms with van der Waals surface area (Å²) < 4.78 is 1.26. The molecule has 5 N–H and O–H groups in total. The second-order valence-electron chi connectivity index (χ2n) is 5.93. The standard InChI is InChI=1S/C17H21N3O3/c1-8(2)11-7-12(16(19)22)15(18)20(17(11)23)14-9(3)5-6-13(21)10(14)4/h5-8,21H,18H2,1-4H3,(H2,19,22). The molecule has 0 aliphatic rings. The Labute approximate surface area is 134 Å². The Morgan fingerprint density at radius 2 is 1.87 bits per heavy atom. The van der Waals surface area contributed by atoms with E-state index < -0.39 is 5.91 Å². The highest BCUT2D eigenvalue weighted by Gasteiger charge is 2.21. The zero-order valence-corrected chi connectivity index (χ0v) is 13.7. The summed E-state index contributed by atoms with van der Waals surface area (Å²) in [6, 6.07) is 4.70. The largest absolute Gasteiger partial charge is 0.508 e. The average Bonchev–Trinajstić information content (AvgIpc) is 2.45. The van der Waals surface area contributed by atoms with Gasteiger partial charge in [0.25, 0.3) is 11.5 Å². The number of aromatic nitrogens is 1. The first-order valence-corrected chi connectivity index (χ1v) is 7.31. The molecular weight excluding hydrogens is 294 g/mol. The molecule has 2 aromatic rings. The fraction of sp³-hybridized carbons (Fsp3) is 0.294. The number of hydrogen-bond donors (Lipinski definition) is 3. The van der Waals surface area contributed by atoms with Gasteiger partial charge in [-0.3, -0.25) is 14.2 Å². The van der Waals surface area contributed by atoms with E-state index in [1.807, 2.05) is 13.8 Å². The number of hydrogen-bond acceptors (Lipinski definition) is 4. The minimum atomic E-state index is -0.700. The summed E-state index contributed by atoms with van der Waals surface area (Å²) in [5, 5.41) is 9.98. The van der Waals surface area contributed by atoms with Crippen molar-refractivity contribution in [3.8, 4) is 11.4 Å². The van der Waals surface area contributed by atoms with E-state index in [0.29, 0.717) is 16.8 Å². The van der Waals surface area contributed by atoms with E-state index in [2.05, 4.69) is 0 Å². The van der Waals surface area contributed by atoms with Crippen LogP contribution in [0.1, 0.15) is 46.8 Å². The smallest absolute Gasteiger partial charge is 0.260 e. The predicted octanol–water partition coefficient (Wildman–Crippen LogP) is 1.96. The molecule has 0 spiro atoms. The molecule has 1 aromatic carbocycles. The lowest BCUT2D eigenvalue weighted by Gasteiger charge is -2.20. The van der Waals surface area contributed by atoms with Crippen molar-refractivity contribution in [2.24, 2.45) is 5.73 Å². The predicted molar refractivity (Wildman–Crippen MR) is 90.2 cm³/mol. The molecule has 0 saturated heterocycles. The maximum Gasteiger partial charge on any atom is 0.260 e. The van der Waals surface area contributed by atoms with Gasteiger partial charge in [-0.05, 0) is 37.5 Å². The molecule has 6 heteroatoms. The highest BCUT2D eigenvalue weighted by atomic mass is 16.3. The molecule has 0 atom stereocenters. The normalized spacial score (nSPS) is 11.0. The number of phenolic OH excluding ortho intramolecular Hbond substituents is 1. The highest BCUT2D eigenvalue weighted by molar-refractivity contribution is 5.97. The SMILES string of the molecule is Cc1ccc(O)c(C)c1-n1c(N)c(C(N)=O)cc(C(C)C)c1=O. The molecule has 0 saturated carbocycles. The molecule has 0 aliphatic carbocycles. The summed E-state index contributed by atoms with van der Waals surface area (Å²) in [5.74, 6) is -0.782. The zero-order valence-electron chi connectivity index (χ0n) is 13.7. The number of rotatable bonds is 3. The molecule has 0 fully saturated rings. The van der Waals surface area contributed by atoms with Crippen LogP contribution in [0.5, 0.6) is 5.75 Å². The molecule has 2 rings (SSSR count). The van der Waals surface area contributed by atoms with Gasteiger partial charge in [-0.2, -0.15) is 0 Å². The summed E-state index contributed by atoms with van der Waals surface area (Å²) in [6.45, 7) is 7.20. The second-order valence-corrected chi connectivity index (χ2v) is 5.93. The lowest BCUT2D eigenvalue weighted by atomic mass is 10.0. The molecule has 23 heavy (non-hydrogen) atoms. The van der Waals surface area contributed by atoms with Crippen LogP contribution in [0.2, 0.25) is 0 Å². The fourth-order valence-corrected chi connectivity index (χ4v) is 2.65. The van der Waals surface area contributed by atoms with Crippen LogP contribution in [0.25, 0.3) is 5.69 Å². The Morgan fingerprint density at radius 3 is 2.39 bits per heavy atom. The number of nitrogens with two attached hydrogens (primary N) is 2. The molecule has 0 unspecified atom stereocenters. The Hall–Kier alpha value is -2.76. The lowest BCUT2D eigenvalue weighted by Crippen LogP contribution is -2.30. The minimum absolute atomic E-state index is 0.0244. The van der Waals surface area contributed by atoms with Crippen molar-refractivity contribution in [3.63, 3.8) is 0 Å². The molecule has 1 aromatic heterocycles. The average molecular weight is 315 g/mol. The molecular formula is C17H21N3O3. The number of anilines is 1. The molecule has 1 amide bonds. The van der Waals surface area contributed by atoms with E-state index >= 15 is 0 Å². The summed E-state index contributed by atoms with van der Waals surface area (Å²) in [5.41, 5.74) is 13.4. The van der Waals surface area contributed by atoms with Crippen LogP contribution in [-0.2, 0) is 0 Å². The molecule has 0 bridgehead atoms.